The van der Waals surface area contributed by atoms with E-state index in [0.29, 0.717) is 23.6 Å². The summed E-state index contributed by atoms with van der Waals surface area (Å²) in [5, 5.41) is 18.3. The van der Waals surface area contributed by atoms with E-state index in [-0.39, 0.29) is 17.7 Å². The van der Waals surface area contributed by atoms with Crippen molar-refractivity contribution in [3.63, 3.8) is 0 Å². The average molecular weight is 379 g/mol. The van der Waals surface area contributed by atoms with E-state index >= 15 is 0 Å². The van der Waals surface area contributed by atoms with E-state index < -0.39 is 11.3 Å². The standard InChI is InChI=1S/C18H19ClN2O3S/c1-17(2)9-18(21-16(23)20-17)8-11(15-4-3-5-25-15)10-6-12(19)13(22)7-14(10)24-18/h3-7,11,22H,8-9H2,1-2H3,(H2,20,21,23)/t11-,18+/m0/s1. The maximum absolute atomic E-state index is 12.2. The number of urea groups is 1. The van der Waals surface area contributed by atoms with Crippen LogP contribution in [0.3, 0.4) is 0 Å². The Kier molecular flexibility index (Phi) is 3.67. The topological polar surface area (TPSA) is 70.6 Å². The highest BCUT2D eigenvalue weighted by atomic mass is 35.5. The van der Waals surface area contributed by atoms with Gasteiger partial charge in [0.2, 0.25) is 0 Å². The van der Waals surface area contributed by atoms with Gasteiger partial charge in [0.1, 0.15) is 11.5 Å². The molecular weight excluding hydrogens is 360 g/mol. The van der Waals surface area contributed by atoms with Gasteiger partial charge in [0.05, 0.1) is 5.02 Å². The largest absolute Gasteiger partial charge is 0.506 e. The first-order chi connectivity index (χ1) is 11.8. The quantitative estimate of drug-likeness (QED) is 0.696. The molecule has 2 aromatic rings. The zero-order chi connectivity index (χ0) is 17.8. The normalized spacial score (nSPS) is 27.2. The Labute approximate surface area is 155 Å². The lowest BCUT2D eigenvalue weighted by Crippen LogP contribution is -2.69. The van der Waals surface area contributed by atoms with Gasteiger partial charge in [-0.25, -0.2) is 4.79 Å². The summed E-state index contributed by atoms with van der Waals surface area (Å²) in [6, 6.07) is 7.14. The van der Waals surface area contributed by atoms with Crippen molar-refractivity contribution in [2.75, 3.05) is 0 Å². The molecule has 0 unspecified atom stereocenters. The van der Waals surface area contributed by atoms with Crippen LogP contribution in [-0.2, 0) is 0 Å². The highest BCUT2D eigenvalue weighted by molar-refractivity contribution is 7.10. The van der Waals surface area contributed by atoms with Crippen molar-refractivity contribution >= 4 is 29.0 Å². The molecule has 0 saturated carbocycles. The molecular formula is C18H19ClN2O3S. The third kappa shape index (κ3) is 2.93. The number of aromatic hydroxyl groups is 1. The Hall–Kier alpha value is -1.92. The molecule has 0 bridgehead atoms. The second-order valence-electron chi connectivity index (χ2n) is 7.35. The average Bonchev–Trinajstić information content (AvgIpc) is 3.00. The molecule has 2 aliphatic rings. The number of carbonyl (C=O) groups excluding carboxylic acids is 1. The van der Waals surface area contributed by atoms with Crippen LogP contribution in [0.15, 0.2) is 29.6 Å². The molecule has 1 saturated heterocycles. The SMILES string of the molecule is CC1(C)C[C@]2(C[C@H](c3cccs3)c3cc(Cl)c(O)cc3O2)NC(=O)N1. The van der Waals surface area contributed by atoms with Gasteiger partial charge in [-0.15, -0.1) is 11.3 Å². The van der Waals surface area contributed by atoms with Gasteiger partial charge >= 0.3 is 6.03 Å². The number of hydrogen-bond donors (Lipinski definition) is 3. The first-order valence-corrected chi connectivity index (χ1v) is 9.38. The predicted molar refractivity (Wildman–Crippen MR) is 97.6 cm³/mol. The fraction of sp³-hybridized carbons (Fsp3) is 0.389. The monoisotopic (exact) mass is 378 g/mol. The summed E-state index contributed by atoms with van der Waals surface area (Å²) in [7, 11) is 0. The van der Waals surface area contributed by atoms with Crippen LogP contribution in [0.4, 0.5) is 4.79 Å². The van der Waals surface area contributed by atoms with Gasteiger partial charge in [-0.05, 0) is 31.4 Å². The summed E-state index contributed by atoms with van der Waals surface area (Å²) in [5.41, 5.74) is -0.288. The molecule has 1 spiro atoms. The fourth-order valence-corrected chi connectivity index (χ4v) is 4.90. The van der Waals surface area contributed by atoms with Crippen molar-refractivity contribution in [1.29, 1.82) is 0 Å². The molecule has 1 aromatic carbocycles. The number of rotatable bonds is 1. The van der Waals surface area contributed by atoms with Crippen LogP contribution in [-0.4, -0.2) is 22.4 Å². The van der Waals surface area contributed by atoms with Crippen LogP contribution in [0, 0.1) is 0 Å². The van der Waals surface area contributed by atoms with Crippen molar-refractivity contribution < 1.29 is 14.6 Å². The van der Waals surface area contributed by atoms with Crippen LogP contribution in [0.2, 0.25) is 5.02 Å². The zero-order valence-electron chi connectivity index (χ0n) is 13.9. The minimum absolute atomic E-state index is 0.0260. The molecule has 3 heterocycles. The number of carbonyl (C=O) groups is 1. The van der Waals surface area contributed by atoms with E-state index in [4.69, 9.17) is 16.3 Å². The van der Waals surface area contributed by atoms with Gasteiger partial charge in [0.25, 0.3) is 0 Å². The number of phenols is 1. The lowest BCUT2D eigenvalue weighted by Gasteiger charge is -2.49. The fourth-order valence-electron chi connectivity index (χ4n) is 3.89. The molecule has 5 nitrogen and oxygen atoms in total. The zero-order valence-corrected chi connectivity index (χ0v) is 15.5. The van der Waals surface area contributed by atoms with Gasteiger partial charge in [-0.2, -0.15) is 0 Å². The van der Waals surface area contributed by atoms with Gasteiger partial charge in [0.15, 0.2) is 5.72 Å². The lowest BCUT2D eigenvalue weighted by atomic mass is 9.79. The molecule has 3 N–H and O–H groups in total. The van der Waals surface area contributed by atoms with E-state index in [2.05, 4.69) is 16.7 Å². The molecule has 1 fully saturated rings. The summed E-state index contributed by atoms with van der Waals surface area (Å²) in [6.07, 6.45) is 1.22. The van der Waals surface area contributed by atoms with Crippen molar-refractivity contribution in [2.24, 2.45) is 0 Å². The Balaban J connectivity index is 1.83. The molecule has 1 aromatic heterocycles. The minimum Gasteiger partial charge on any atom is -0.506 e. The lowest BCUT2D eigenvalue weighted by molar-refractivity contribution is -0.0233. The summed E-state index contributed by atoms with van der Waals surface area (Å²) in [5.74, 6) is 0.572. The second-order valence-corrected chi connectivity index (χ2v) is 8.74. The van der Waals surface area contributed by atoms with Gasteiger partial charge in [-0.3, -0.25) is 0 Å². The summed E-state index contributed by atoms with van der Waals surface area (Å²) in [6.45, 7) is 3.96. The number of benzene rings is 1. The van der Waals surface area contributed by atoms with E-state index in [1.54, 1.807) is 23.5 Å². The Morgan fingerprint density at radius 2 is 2.16 bits per heavy atom. The van der Waals surface area contributed by atoms with Crippen molar-refractivity contribution in [1.82, 2.24) is 10.6 Å². The first kappa shape index (κ1) is 16.5. The van der Waals surface area contributed by atoms with Crippen LogP contribution in [0.25, 0.3) is 0 Å². The summed E-state index contributed by atoms with van der Waals surface area (Å²) in [4.78, 5) is 13.4. The van der Waals surface area contributed by atoms with E-state index in [9.17, 15) is 9.90 Å². The van der Waals surface area contributed by atoms with Crippen molar-refractivity contribution in [3.05, 3.63) is 45.1 Å². The number of fused-ring (bicyclic) bond motifs is 1. The predicted octanol–water partition coefficient (Wildman–Crippen LogP) is 4.20. The van der Waals surface area contributed by atoms with Crippen LogP contribution < -0.4 is 15.4 Å². The molecule has 132 valence electrons. The van der Waals surface area contributed by atoms with Crippen molar-refractivity contribution in [3.8, 4) is 11.5 Å². The molecule has 0 aliphatic carbocycles. The van der Waals surface area contributed by atoms with Gasteiger partial charge < -0.3 is 20.5 Å². The Morgan fingerprint density at radius 3 is 2.84 bits per heavy atom. The molecule has 2 aliphatic heterocycles. The number of hydrogen-bond acceptors (Lipinski definition) is 4. The summed E-state index contributed by atoms with van der Waals surface area (Å²) >= 11 is 7.80. The maximum Gasteiger partial charge on any atom is 0.318 e. The number of thiophene rings is 1. The maximum atomic E-state index is 12.2. The minimum atomic E-state index is -0.826. The molecule has 2 amide bonds. The third-order valence-corrected chi connectivity index (χ3v) is 5.99. The van der Waals surface area contributed by atoms with Gasteiger partial charge in [-0.1, -0.05) is 17.7 Å². The highest BCUT2D eigenvalue weighted by Gasteiger charge is 2.50. The number of ether oxygens (including phenoxy) is 1. The van der Waals surface area contributed by atoms with E-state index in [1.165, 1.54) is 4.88 Å². The third-order valence-electron chi connectivity index (χ3n) is 4.70. The second kappa shape index (κ2) is 5.54. The highest BCUT2D eigenvalue weighted by Crippen LogP contribution is 2.49. The number of nitrogens with one attached hydrogen (secondary N) is 2. The Morgan fingerprint density at radius 1 is 1.36 bits per heavy atom. The van der Waals surface area contributed by atoms with Crippen LogP contribution >= 0.6 is 22.9 Å². The van der Waals surface area contributed by atoms with Crippen LogP contribution in [0.5, 0.6) is 11.5 Å². The van der Waals surface area contributed by atoms with Crippen LogP contribution in [0.1, 0.15) is 43.0 Å². The molecule has 0 radical (unpaired) electrons. The number of halogens is 1. The number of phenolic OH excluding ortho intramolecular Hbond substituents is 1. The molecule has 4 rings (SSSR count). The molecule has 7 heteroatoms. The first-order valence-electron chi connectivity index (χ1n) is 8.12. The Bertz CT molecular complexity index is 837. The van der Waals surface area contributed by atoms with Gasteiger partial charge in [0, 0.05) is 40.8 Å². The summed E-state index contributed by atoms with van der Waals surface area (Å²) < 4.78 is 6.24. The number of amides is 2. The smallest absolute Gasteiger partial charge is 0.318 e. The van der Waals surface area contributed by atoms with Crippen molar-refractivity contribution in [2.45, 2.75) is 43.9 Å². The molecule has 2 atom stereocenters. The molecule has 25 heavy (non-hydrogen) atoms. The van der Waals surface area contributed by atoms with E-state index in [1.807, 2.05) is 25.3 Å². The van der Waals surface area contributed by atoms with E-state index in [0.717, 1.165) is 5.56 Å².